The van der Waals surface area contributed by atoms with E-state index in [-0.39, 0.29) is 0 Å². The van der Waals surface area contributed by atoms with E-state index >= 15 is 0 Å². The van der Waals surface area contributed by atoms with E-state index in [9.17, 15) is 0 Å². The van der Waals surface area contributed by atoms with Crippen molar-refractivity contribution in [3.63, 3.8) is 0 Å². The molecule has 1 aliphatic rings. The van der Waals surface area contributed by atoms with E-state index < -0.39 is 0 Å². The molecule has 1 radical (unpaired) electrons. The average molecular weight is 94.9 g/mol. The Bertz CT molecular complexity index is 104. The summed E-state index contributed by atoms with van der Waals surface area (Å²) in [6.07, 6.45) is 4.06. The molecule has 1 rings (SSSR count). The van der Waals surface area contributed by atoms with Crippen molar-refractivity contribution in [3.8, 4) is 0 Å². The first-order chi connectivity index (χ1) is 2.89. The third-order valence-electron chi connectivity index (χ3n) is 0.688. The zero-order valence-corrected chi connectivity index (χ0v) is 4.54. The van der Waals surface area contributed by atoms with Crippen LogP contribution in [-0.2, 0) is 0 Å². The molecule has 1 atom stereocenters. The summed E-state index contributed by atoms with van der Waals surface area (Å²) < 4.78 is 0. The van der Waals surface area contributed by atoms with Crippen molar-refractivity contribution in [1.82, 2.24) is 0 Å². The molecule has 0 fully saturated rings. The first-order valence-electron chi connectivity index (χ1n) is 1.87. The Morgan fingerprint density at radius 1 is 1.67 bits per heavy atom. The molecule has 6 heavy (non-hydrogen) atoms. The van der Waals surface area contributed by atoms with Crippen LogP contribution in [0.1, 0.15) is 0 Å². The fraction of sp³-hybridized carbons (Fsp3) is 0. The summed E-state index contributed by atoms with van der Waals surface area (Å²) in [5, 5.41) is 1.26. The molecule has 0 aromatic rings. The molecule has 0 aromatic carbocycles. The van der Waals surface area contributed by atoms with Crippen molar-refractivity contribution in [1.29, 1.82) is 0 Å². The minimum absolute atomic E-state index is 1.26. The lowest BCUT2D eigenvalue weighted by Gasteiger charge is -1.76. The van der Waals surface area contributed by atoms with Gasteiger partial charge < -0.3 is 0 Å². The number of hydrogen-bond donors (Lipinski definition) is 0. The third kappa shape index (κ3) is 0.723. The highest BCUT2D eigenvalue weighted by Crippen LogP contribution is 2.07. The van der Waals surface area contributed by atoms with Crippen molar-refractivity contribution in [2.45, 2.75) is 0 Å². The van der Waals surface area contributed by atoms with Gasteiger partial charge >= 0.3 is 0 Å². The van der Waals surface area contributed by atoms with Crippen molar-refractivity contribution < 1.29 is 0 Å². The van der Waals surface area contributed by atoms with Crippen LogP contribution >= 0.6 is 9.24 Å². The van der Waals surface area contributed by atoms with Crippen molar-refractivity contribution in [3.05, 3.63) is 23.3 Å². The average Bonchev–Trinajstić information content (AvgIpc) is 1.86. The monoisotopic (exact) mass is 95.0 g/mol. The standard InChI is InChI=1S/C4H5BP/c6-4-2-1-3-5-4/h1-3H,6H2. The first kappa shape index (κ1) is 4.14. The van der Waals surface area contributed by atoms with Crippen molar-refractivity contribution >= 4 is 16.5 Å². The highest BCUT2D eigenvalue weighted by Gasteiger charge is 1.89. The largest absolute Gasteiger partial charge is 0.181 e. The Hall–Kier alpha value is -0.0251. The van der Waals surface area contributed by atoms with Crippen LogP contribution in [0.5, 0.6) is 0 Å². The summed E-state index contributed by atoms with van der Waals surface area (Å²) in [6, 6.07) is 0. The molecule has 0 bridgehead atoms. The van der Waals surface area contributed by atoms with Gasteiger partial charge in [-0.2, -0.15) is 0 Å². The lowest BCUT2D eigenvalue weighted by molar-refractivity contribution is 2.12. The molecule has 2 heteroatoms. The van der Waals surface area contributed by atoms with Crippen LogP contribution in [0.3, 0.4) is 0 Å². The Balaban J connectivity index is 2.61. The maximum Gasteiger partial charge on any atom is 0.181 e. The topological polar surface area (TPSA) is 0 Å². The van der Waals surface area contributed by atoms with Gasteiger partial charge in [0.1, 0.15) is 0 Å². The summed E-state index contributed by atoms with van der Waals surface area (Å²) >= 11 is 0. The lowest BCUT2D eigenvalue weighted by Crippen LogP contribution is -1.73. The van der Waals surface area contributed by atoms with Gasteiger partial charge in [0, 0.05) is 0 Å². The molecule has 0 amide bonds. The van der Waals surface area contributed by atoms with E-state index in [0.717, 1.165) is 0 Å². The van der Waals surface area contributed by atoms with E-state index in [1.165, 1.54) is 5.21 Å². The van der Waals surface area contributed by atoms with Gasteiger partial charge in [0.2, 0.25) is 0 Å². The molecular weight excluding hydrogens is 89.8 g/mol. The predicted molar refractivity (Wildman–Crippen MR) is 32.7 cm³/mol. The van der Waals surface area contributed by atoms with Gasteiger partial charge in [0.05, 0.1) is 0 Å². The second kappa shape index (κ2) is 1.62. The number of allylic oxidation sites excluding steroid dienone is 2. The maximum absolute atomic E-state index is 2.62. The molecule has 0 aliphatic carbocycles. The fourth-order valence-corrected chi connectivity index (χ4v) is 0.611. The second-order valence-electron chi connectivity index (χ2n) is 1.22. The lowest BCUT2D eigenvalue weighted by atomic mass is 9.82. The Morgan fingerprint density at radius 2 is 2.50 bits per heavy atom. The summed E-state index contributed by atoms with van der Waals surface area (Å²) in [4.78, 5) is 0. The number of rotatable bonds is 0. The normalized spacial score (nSPS) is 17.2. The maximum atomic E-state index is 2.62. The van der Waals surface area contributed by atoms with E-state index in [4.69, 9.17) is 0 Å². The molecule has 1 unspecified atom stereocenters. The first-order valence-corrected chi connectivity index (χ1v) is 2.44. The molecule has 1 heterocycles. The molecule has 0 saturated carbocycles. The molecule has 29 valence electrons. The molecular formula is C4H5BP. The quantitative estimate of drug-likeness (QED) is 0.310. The van der Waals surface area contributed by atoms with Crippen molar-refractivity contribution in [2.75, 3.05) is 0 Å². The van der Waals surface area contributed by atoms with Gasteiger partial charge in [0.15, 0.2) is 7.28 Å². The van der Waals surface area contributed by atoms with E-state index in [1.807, 2.05) is 25.4 Å². The summed E-state index contributed by atoms with van der Waals surface area (Å²) in [7, 11) is 4.66. The van der Waals surface area contributed by atoms with E-state index in [0.29, 0.717) is 0 Å². The van der Waals surface area contributed by atoms with Crippen molar-refractivity contribution in [2.24, 2.45) is 0 Å². The summed E-state index contributed by atoms with van der Waals surface area (Å²) in [5.41, 5.74) is 0. The second-order valence-corrected chi connectivity index (χ2v) is 1.88. The van der Waals surface area contributed by atoms with Crippen LogP contribution in [0.25, 0.3) is 0 Å². The Labute approximate surface area is 40.8 Å². The van der Waals surface area contributed by atoms with Gasteiger partial charge in [-0.25, -0.2) is 0 Å². The SMILES string of the molecule is PC1=CC=C[B]1. The Kier molecular flexibility index (Phi) is 1.12. The fourth-order valence-electron chi connectivity index (χ4n) is 0.389. The van der Waals surface area contributed by atoms with Crippen LogP contribution in [0.15, 0.2) is 23.3 Å². The van der Waals surface area contributed by atoms with Crippen LogP contribution in [0.2, 0.25) is 0 Å². The van der Waals surface area contributed by atoms with Crippen LogP contribution < -0.4 is 0 Å². The molecule has 0 aromatic heterocycles. The highest BCUT2D eigenvalue weighted by atomic mass is 31.0. The van der Waals surface area contributed by atoms with Gasteiger partial charge in [-0.15, -0.1) is 15.2 Å². The zero-order valence-electron chi connectivity index (χ0n) is 3.39. The summed E-state index contributed by atoms with van der Waals surface area (Å²) in [6.45, 7) is 0. The Morgan fingerprint density at radius 3 is 2.67 bits per heavy atom. The van der Waals surface area contributed by atoms with Crippen LogP contribution in [0.4, 0.5) is 0 Å². The predicted octanol–water partition coefficient (Wildman–Crippen LogP) is 0.934. The smallest absolute Gasteiger partial charge is 0.120 e. The van der Waals surface area contributed by atoms with Gasteiger partial charge in [-0.3, -0.25) is 0 Å². The van der Waals surface area contributed by atoms with Gasteiger partial charge in [-0.1, -0.05) is 17.4 Å². The summed E-state index contributed by atoms with van der Waals surface area (Å²) in [5.74, 6) is 2.02. The molecule has 0 nitrogen and oxygen atoms in total. The van der Waals surface area contributed by atoms with Gasteiger partial charge in [-0.05, 0) is 0 Å². The minimum atomic E-state index is 1.26. The van der Waals surface area contributed by atoms with Crippen LogP contribution in [0, 0.1) is 0 Å². The van der Waals surface area contributed by atoms with Crippen LogP contribution in [-0.4, -0.2) is 7.28 Å². The minimum Gasteiger partial charge on any atom is -0.120 e. The number of hydrogen-bond acceptors (Lipinski definition) is 0. The van der Waals surface area contributed by atoms with Gasteiger partial charge in [0.25, 0.3) is 0 Å². The van der Waals surface area contributed by atoms with E-state index in [2.05, 4.69) is 9.24 Å². The zero-order chi connectivity index (χ0) is 4.41. The molecule has 0 N–H and O–H groups in total. The molecule has 0 saturated heterocycles. The van der Waals surface area contributed by atoms with E-state index in [1.54, 1.807) is 0 Å². The highest BCUT2D eigenvalue weighted by molar-refractivity contribution is 7.28. The molecule has 1 aliphatic heterocycles. The third-order valence-corrected chi connectivity index (χ3v) is 1.07. The molecule has 0 spiro atoms.